The number of benzene rings is 3. The SMILES string of the molecule is Cc1cccc(C(NC(=O)c2ccc(C(C)C)cc2)C(O)C(=O)N(N)c2ccc3nc[nH]c3c2)c1. The quantitative estimate of drug-likeness (QED) is 0.186. The van der Waals surface area contributed by atoms with Crippen molar-refractivity contribution in [3.8, 4) is 0 Å². The second-order valence-electron chi connectivity index (χ2n) is 8.90. The van der Waals surface area contributed by atoms with Crippen molar-refractivity contribution in [2.45, 2.75) is 38.8 Å². The Morgan fingerprint density at radius 3 is 2.46 bits per heavy atom. The van der Waals surface area contributed by atoms with Crippen LogP contribution >= 0.6 is 0 Å². The van der Waals surface area contributed by atoms with E-state index in [1.54, 1.807) is 42.7 Å². The van der Waals surface area contributed by atoms with Gasteiger partial charge in [0.15, 0.2) is 6.10 Å². The average molecular weight is 472 g/mol. The summed E-state index contributed by atoms with van der Waals surface area (Å²) in [5, 5.41) is 14.8. The molecule has 180 valence electrons. The highest BCUT2D eigenvalue weighted by Gasteiger charge is 2.32. The van der Waals surface area contributed by atoms with Crippen LogP contribution in [-0.4, -0.2) is 33.0 Å². The summed E-state index contributed by atoms with van der Waals surface area (Å²) in [7, 11) is 0. The Kier molecular flexibility index (Phi) is 6.95. The van der Waals surface area contributed by atoms with Crippen molar-refractivity contribution in [1.82, 2.24) is 15.3 Å². The minimum absolute atomic E-state index is 0.336. The van der Waals surface area contributed by atoms with E-state index in [1.165, 1.54) is 0 Å². The van der Waals surface area contributed by atoms with E-state index in [0.29, 0.717) is 28.2 Å². The molecule has 1 heterocycles. The number of nitrogens with zero attached hydrogens (tertiary/aromatic N) is 2. The van der Waals surface area contributed by atoms with Gasteiger partial charge in [0.2, 0.25) is 0 Å². The molecule has 0 aliphatic rings. The second-order valence-corrected chi connectivity index (χ2v) is 8.90. The maximum Gasteiger partial charge on any atom is 0.272 e. The minimum atomic E-state index is -1.63. The second kappa shape index (κ2) is 10.1. The number of carbonyl (C=O) groups excluding carboxylic acids is 2. The van der Waals surface area contributed by atoms with Crippen LogP contribution in [0.3, 0.4) is 0 Å². The Hall–Kier alpha value is -4.01. The number of fused-ring (bicyclic) bond motifs is 1. The lowest BCUT2D eigenvalue weighted by atomic mass is 9.97. The molecule has 2 unspecified atom stereocenters. The van der Waals surface area contributed by atoms with E-state index in [2.05, 4.69) is 29.1 Å². The zero-order valence-electron chi connectivity index (χ0n) is 19.9. The van der Waals surface area contributed by atoms with Gasteiger partial charge in [0.1, 0.15) is 0 Å². The van der Waals surface area contributed by atoms with Crippen LogP contribution in [0.1, 0.15) is 52.9 Å². The molecule has 0 bridgehead atoms. The molecule has 0 aliphatic heterocycles. The maximum atomic E-state index is 13.2. The van der Waals surface area contributed by atoms with Crippen LogP contribution in [0.2, 0.25) is 0 Å². The number of aliphatic hydroxyl groups is 1. The summed E-state index contributed by atoms with van der Waals surface area (Å²) in [5.74, 6) is 5.28. The smallest absolute Gasteiger partial charge is 0.272 e. The van der Waals surface area contributed by atoms with Crippen LogP contribution < -0.4 is 16.2 Å². The van der Waals surface area contributed by atoms with Gasteiger partial charge in [-0.3, -0.25) is 9.59 Å². The summed E-state index contributed by atoms with van der Waals surface area (Å²) >= 11 is 0. The molecule has 0 fully saturated rings. The number of amides is 2. The van der Waals surface area contributed by atoms with E-state index in [0.717, 1.165) is 21.7 Å². The monoisotopic (exact) mass is 471 g/mol. The van der Waals surface area contributed by atoms with E-state index < -0.39 is 24.0 Å². The fraction of sp³-hybridized carbons (Fsp3) is 0.222. The number of hydrogen-bond acceptors (Lipinski definition) is 5. The Balaban J connectivity index is 1.61. The first-order valence-corrected chi connectivity index (χ1v) is 11.4. The molecule has 0 saturated carbocycles. The summed E-state index contributed by atoms with van der Waals surface area (Å²) in [4.78, 5) is 33.4. The first-order valence-electron chi connectivity index (χ1n) is 11.4. The van der Waals surface area contributed by atoms with Gasteiger partial charge in [-0.05, 0) is 54.3 Å². The number of hydrogen-bond donors (Lipinski definition) is 4. The summed E-state index contributed by atoms with van der Waals surface area (Å²) in [6.45, 7) is 6.05. The number of carbonyl (C=O) groups is 2. The van der Waals surface area contributed by atoms with Gasteiger partial charge >= 0.3 is 0 Å². The molecule has 5 N–H and O–H groups in total. The number of H-pyrrole nitrogens is 1. The van der Waals surface area contributed by atoms with Crippen LogP contribution in [0.25, 0.3) is 11.0 Å². The van der Waals surface area contributed by atoms with Gasteiger partial charge in [0.05, 0.1) is 29.1 Å². The van der Waals surface area contributed by atoms with Crippen molar-refractivity contribution in [2.75, 3.05) is 5.01 Å². The fourth-order valence-corrected chi connectivity index (χ4v) is 3.94. The lowest BCUT2D eigenvalue weighted by Gasteiger charge is -2.27. The van der Waals surface area contributed by atoms with Crippen LogP contribution in [0.15, 0.2) is 73.1 Å². The molecule has 4 aromatic rings. The number of aryl methyl sites for hydroxylation is 1. The first-order chi connectivity index (χ1) is 16.7. The molecule has 0 saturated heterocycles. The van der Waals surface area contributed by atoms with Gasteiger partial charge in [-0.25, -0.2) is 15.8 Å². The standard InChI is InChI=1S/C27H29N5O3/c1-16(2)18-7-9-19(10-8-18)26(34)31-24(20-6-4-5-17(3)13-20)25(33)27(35)32(28)21-11-12-22-23(14-21)30-15-29-22/h4-16,24-25,33H,28H2,1-3H3,(H,29,30)(H,31,34). The number of hydrazine groups is 1. The third-order valence-electron chi connectivity index (χ3n) is 6.02. The van der Waals surface area contributed by atoms with E-state index in [-0.39, 0.29) is 0 Å². The number of nitrogens with one attached hydrogen (secondary N) is 2. The molecule has 2 atom stereocenters. The molecule has 35 heavy (non-hydrogen) atoms. The molecule has 3 aromatic carbocycles. The van der Waals surface area contributed by atoms with Gasteiger partial charge < -0.3 is 15.4 Å². The molecule has 4 rings (SSSR count). The van der Waals surface area contributed by atoms with Crippen LogP contribution in [0.5, 0.6) is 0 Å². The predicted molar refractivity (Wildman–Crippen MR) is 136 cm³/mol. The van der Waals surface area contributed by atoms with Crippen LogP contribution in [0.4, 0.5) is 5.69 Å². The van der Waals surface area contributed by atoms with Crippen molar-refractivity contribution in [2.24, 2.45) is 5.84 Å². The van der Waals surface area contributed by atoms with Gasteiger partial charge in [-0.1, -0.05) is 55.8 Å². The molecular weight excluding hydrogens is 442 g/mol. The zero-order valence-corrected chi connectivity index (χ0v) is 19.9. The lowest BCUT2D eigenvalue weighted by molar-refractivity contribution is -0.128. The summed E-state index contributed by atoms with van der Waals surface area (Å²) in [6.07, 6.45) is -0.0821. The molecular formula is C27H29N5O3. The number of rotatable bonds is 7. The molecule has 0 radical (unpaired) electrons. The molecule has 1 aromatic heterocycles. The highest BCUT2D eigenvalue weighted by molar-refractivity contribution is 5.99. The number of aromatic nitrogens is 2. The Bertz CT molecular complexity index is 1350. The molecule has 2 amide bonds. The highest BCUT2D eigenvalue weighted by Crippen LogP contribution is 2.24. The average Bonchev–Trinajstić information content (AvgIpc) is 3.34. The number of aromatic amines is 1. The summed E-state index contributed by atoms with van der Waals surface area (Å²) in [6, 6.07) is 18.6. The van der Waals surface area contributed by atoms with E-state index in [9.17, 15) is 14.7 Å². The van der Waals surface area contributed by atoms with Crippen molar-refractivity contribution >= 4 is 28.5 Å². The van der Waals surface area contributed by atoms with E-state index in [1.807, 2.05) is 37.3 Å². The number of anilines is 1. The topological polar surface area (TPSA) is 124 Å². The van der Waals surface area contributed by atoms with E-state index >= 15 is 0 Å². The number of nitrogens with two attached hydrogens (primary N) is 1. The zero-order chi connectivity index (χ0) is 25.1. The molecule has 8 heteroatoms. The molecule has 0 aliphatic carbocycles. The van der Waals surface area contributed by atoms with Crippen LogP contribution in [-0.2, 0) is 4.79 Å². The number of imidazole rings is 1. The Morgan fingerprint density at radius 2 is 1.77 bits per heavy atom. The van der Waals surface area contributed by atoms with Crippen LogP contribution in [0, 0.1) is 6.92 Å². The third-order valence-corrected chi connectivity index (χ3v) is 6.02. The number of aliphatic hydroxyl groups excluding tert-OH is 1. The van der Waals surface area contributed by atoms with Gasteiger partial charge in [0.25, 0.3) is 11.8 Å². The van der Waals surface area contributed by atoms with E-state index in [4.69, 9.17) is 5.84 Å². The maximum absolute atomic E-state index is 13.2. The van der Waals surface area contributed by atoms with Gasteiger partial charge in [0, 0.05) is 5.56 Å². The van der Waals surface area contributed by atoms with Crippen molar-refractivity contribution in [3.63, 3.8) is 0 Å². The lowest BCUT2D eigenvalue weighted by Crippen LogP contribution is -2.50. The van der Waals surface area contributed by atoms with Crippen molar-refractivity contribution in [3.05, 3.63) is 95.3 Å². The fourth-order valence-electron chi connectivity index (χ4n) is 3.94. The predicted octanol–water partition coefficient (Wildman–Crippen LogP) is 3.73. The highest BCUT2D eigenvalue weighted by atomic mass is 16.3. The minimum Gasteiger partial charge on any atom is -0.381 e. The Morgan fingerprint density at radius 1 is 1.03 bits per heavy atom. The van der Waals surface area contributed by atoms with Gasteiger partial charge in [-0.15, -0.1) is 0 Å². The van der Waals surface area contributed by atoms with Gasteiger partial charge in [-0.2, -0.15) is 0 Å². The summed E-state index contributed by atoms with van der Waals surface area (Å²) in [5.41, 5.74) is 4.87. The Labute approximate surface area is 203 Å². The first kappa shape index (κ1) is 24.1. The van der Waals surface area contributed by atoms with Crippen molar-refractivity contribution in [1.29, 1.82) is 0 Å². The third kappa shape index (κ3) is 5.24. The normalized spacial score (nSPS) is 13.0. The summed E-state index contributed by atoms with van der Waals surface area (Å²) < 4.78 is 0. The molecule has 8 nitrogen and oxygen atoms in total. The molecule has 0 spiro atoms. The van der Waals surface area contributed by atoms with Crippen molar-refractivity contribution < 1.29 is 14.7 Å². The largest absolute Gasteiger partial charge is 0.381 e.